The SMILES string of the molecule is O=C(Cc1ccccc1Cl)N1[C@@H]2CC[C@H]1CC(c1nc(-c3ccncc3)no1)C2. The Bertz CT molecular complexity index is 1010. The molecule has 0 aliphatic carbocycles. The summed E-state index contributed by atoms with van der Waals surface area (Å²) in [5.41, 5.74) is 1.78. The smallest absolute Gasteiger partial charge is 0.230 e. The van der Waals surface area contributed by atoms with Gasteiger partial charge in [-0.1, -0.05) is 35.0 Å². The van der Waals surface area contributed by atoms with Crippen LogP contribution in [0.25, 0.3) is 11.4 Å². The van der Waals surface area contributed by atoms with E-state index < -0.39 is 0 Å². The minimum atomic E-state index is 0.159. The van der Waals surface area contributed by atoms with E-state index in [0.717, 1.165) is 36.8 Å². The van der Waals surface area contributed by atoms with E-state index in [1.807, 2.05) is 36.4 Å². The molecule has 7 heteroatoms. The Morgan fingerprint density at radius 2 is 1.83 bits per heavy atom. The first kappa shape index (κ1) is 18.3. The van der Waals surface area contributed by atoms with E-state index >= 15 is 0 Å². The van der Waals surface area contributed by atoms with E-state index in [1.54, 1.807) is 12.4 Å². The molecule has 148 valence electrons. The lowest BCUT2D eigenvalue weighted by molar-refractivity contribution is -0.135. The number of benzene rings is 1. The summed E-state index contributed by atoms with van der Waals surface area (Å²) in [5.74, 6) is 1.62. The first-order valence-corrected chi connectivity index (χ1v) is 10.4. The van der Waals surface area contributed by atoms with E-state index in [-0.39, 0.29) is 23.9 Å². The fraction of sp³-hybridized carbons (Fsp3) is 0.364. The van der Waals surface area contributed by atoms with Gasteiger partial charge in [0.2, 0.25) is 17.6 Å². The molecule has 6 nitrogen and oxygen atoms in total. The standard InChI is InChI=1S/C22H21ClN4O2/c23-19-4-2-1-3-15(19)13-20(28)27-17-5-6-18(27)12-16(11-17)22-25-21(26-29-22)14-7-9-24-10-8-14/h1-4,7-10,16-18H,5-6,11-13H2/t16?,17-,18+. The lowest BCUT2D eigenvalue weighted by Gasteiger charge is -2.38. The van der Waals surface area contributed by atoms with Crippen LogP contribution < -0.4 is 0 Å². The van der Waals surface area contributed by atoms with Gasteiger partial charge in [0, 0.05) is 41.0 Å². The van der Waals surface area contributed by atoms with Gasteiger partial charge in [0.1, 0.15) is 0 Å². The number of hydrogen-bond acceptors (Lipinski definition) is 5. The molecule has 2 aromatic heterocycles. The lowest BCUT2D eigenvalue weighted by atomic mass is 9.90. The van der Waals surface area contributed by atoms with Crippen molar-refractivity contribution in [2.75, 3.05) is 0 Å². The third-order valence-electron chi connectivity index (χ3n) is 6.05. The number of aromatic nitrogens is 3. The van der Waals surface area contributed by atoms with Crippen molar-refractivity contribution in [1.82, 2.24) is 20.0 Å². The summed E-state index contributed by atoms with van der Waals surface area (Å²) in [4.78, 5) is 23.8. The van der Waals surface area contributed by atoms with Crippen LogP contribution in [0, 0.1) is 0 Å². The molecule has 2 aliphatic rings. The van der Waals surface area contributed by atoms with Crippen molar-refractivity contribution in [2.24, 2.45) is 0 Å². The summed E-state index contributed by atoms with van der Waals surface area (Å²) in [6.45, 7) is 0. The molecule has 2 fully saturated rings. The summed E-state index contributed by atoms with van der Waals surface area (Å²) in [6.07, 6.45) is 7.57. The molecule has 0 N–H and O–H groups in total. The second-order valence-corrected chi connectivity index (χ2v) is 8.22. The normalized spacial score (nSPS) is 23.3. The molecule has 0 spiro atoms. The lowest BCUT2D eigenvalue weighted by Crippen LogP contribution is -2.46. The van der Waals surface area contributed by atoms with Crippen molar-refractivity contribution >= 4 is 17.5 Å². The van der Waals surface area contributed by atoms with Crippen LogP contribution >= 0.6 is 11.6 Å². The number of piperidine rings is 1. The van der Waals surface area contributed by atoms with Gasteiger partial charge in [0.15, 0.2) is 0 Å². The molecule has 1 aromatic carbocycles. The summed E-state index contributed by atoms with van der Waals surface area (Å²) in [5, 5.41) is 4.79. The molecule has 2 saturated heterocycles. The molecular formula is C22H21ClN4O2. The Hall–Kier alpha value is -2.73. The summed E-state index contributed by atoms with van der Waals surface area (Å²) >= 11 is 6.25. The molecule has 1 amide bonds. The first-order chi connectivity index (χ1) is 14.2. The predicted molar refractivity (Wildman–Crippen MR) is 108 cm³/mol. The van der Waals surface area contributed by atoms with Gasteiger partial charge in [0.25, 0.3) is 0 Å². The number of amides is 1. The number of rotatable bonds is 4. The molecule has 0 radical (unpaired) electrons. The minimum Gasteiger partial charge on any atom is -0.339 e. The molecule has 29 heavy (non-hydrogen) atoms. The van der Waals surface area contributed by atoms with Gasteiger partial charge in [0.05, 0.1) is 6.42 Å². The molecule has 3 atom stereocenters. The van der Waals surface area contributed by atoms with Gasteiger partial charge >= 0.3 is 0 Å². The average Bonchev–Trinajstić information content (AvgIpc) is 3.33. The highest BCUT2D eigenvalue weighted by atomic mass is 35.5. The number of pyridine rings is 1. The Labute approximate surface area is 173 Å². The predicted octanol–water partition coefficient (Wildman–Crippen LogP) is 4.26. The Morgan fingerprint density at radius 1 is 1.10 bits per heavy atom. The summed E-state index contributed by atoms with van der Waals surface area (Å²) in [7, 11) is 0. The average molecular weight is 409 g/mol. The number of nitrogens with zero attached hydrogens (tertiary/aromatic N) is 4. The van der Waals surface area contributed by atoms with E-state index in [9.17, 15) is 4.79 Å². The third-order valence-corrected chi connectivity index (χ3v) is 6.42. The van der Waals surface area contributed by atoms with Crippen molar-refractivity contribution in [3.05, 3.63) is 65.3 Å². The highest BCUT2D eigenvalue weighted by Gasteiger charge is 2.44. The monoisotopic (exact) mass is 408 g/mol. The molecular weight excluding hydrogens is 388 g/mol. The van der Waals surface area contributed by atoms with Crippen molar-refractivity contribution < 1.29 is 9.32 Å². The van der Waals surface area contributed by atoms with Crippen LogP contribution in [0.15, 0.2) is 53.3 Å². The van der Waals surface area contributed by atoms with E-state index in [4.69, 9.17) is 16.1 Å². The molecule has 2 bridgehead atoms. The van der Waals surface area contributed by atoms with Gasteiger partial charge < -0.3 is 9.42 Å². The zero-order chi connectivity index (χ0) is 19.8. The molecule has 1 unspecified atom stereocenters. The number of carbonyl (C=O) groups is 1. The highest BCUT2D eigenvalue weighted by molar-refractivity contribution is 6.31. The maximum Gasteiger partial charge on any atom is 0.230 e. The van der Waals surface area contributed by atoms with Gasteiger partial charge in [-0.25, -0.2) is 0 Å². The van der Waals surface area contributed by atoms with Crippen LogP contribution in [0.4, 0.5) is 0 Å². The summed E-state index contributed by atoms with van der Waals surface area (Å²) in [6, 6.07) is 11.8. The maximum atomic E-state index is 13.0. The van der Waals surface area contributed by atoms with Crippen LogP contribution in [0.2, 0.25) is 5.02 Å². The number of carbonyl (C=O) groups excluding carboxylic acids is 1. The topological polar surface area (TPSA) is 72.1 Å². The second kappa shape index (κ2) is 7.59. The molecule has 5 rings (SSSR count). The van der Waals surface area contributed by atoms with Gasteiger partial charge in [-0.05, 0) is 49.4 Å². The molecule has 0 saturated carbocycles. The van der Waals surface area contributed by atoms with Crippen molar-refractivity contribution in [2.45, 2.75) is 50.1 Å². The zero-order valence-corrected chi connectivity index (χ0v) is 16.6. The van der Waals surface area contributed by atoms with Crippen LogP contribution in [0.3, 0.4) is 0 Å². The second-order valence-electron chi connectivity index (χ2n) is 7.81. The molecule has 4 heterocycles. The van der Waals surface area contributed by atoms with Gasteiger partial charge in [-0.3, -0.25) is 9.78 Å². The quantitative estimate of drug-likeness (QED) is 0.644. The Balaban J connectivity index is 1.30. The summed E-state index contributed by atoms with van der Waals surface area (Å²) < 4.78 is 5.59. The zero-order valence-electron chi connectivity index (χ0n) is 15.9. The largest absolute Gasteiger partial charge is 0.339 e. The maximum absolute atomic E-state index is 13.0. The van der Waals surface area contributed by atoms with Crippen molar-refractivity contribution in [3.8, 4) is 11.4 Å². The van der Waals surface area contributed by atoms with Crippen LogP contribution in [-0.2, 0) is 11.2 Å². The Morgan fingerprint density at radius 3 is 2.55 bits per heavy atom. The number of fused-ring (bicyclic) bond motifs is 2. The Kier molecular flexibility index (Phi) is 4.79. The van der Waals surface area contributed by atoms with E-state index in [2.05, 4.69) is 20.0 Å². The fourth-order valence-corrected chi connectivity index (χ4v) is 4.90. The van der Waals surface area contributed by atoms with Crippen molar-refractivity contribution in [3.63, 3.8) is 0 Å². The number of halogens is 1. The minimum absolute atomic E-state index is 0.159. The molecule has 2 aliphatic heterocycles. The van der Waals surface area contributed by atoms with E-state index in [1.165, 1.54) is 0 Å². The number of hydrogen-bond donors (Lipinski definition) is 0. The van der Waals surface area contributed by atoms with Crippen LogP contribution in [0.1, 0.15) is 43.1 Å². The van der Waals surface area contributed by atoms with Crippen LogP contribution in [0.5, 0.6) is 0 Å². The fourth-order valence-electron chi connectivity index (χ4n) is 4.70. The van der Waals surface area contributed by atoms with Gasteiger partial charge in [-0.2, -0.15) is 4.98 Å². The van der Waals surface area contributed by atoms with E-state index in [0.29, 0.717) is 23.2 Å². The highest BCUT2D eigenvalue weighted by Crippen LogP contribution is 2.43. The van der Waals surface area contributed by atoms with Crippen LogP contribution in [-0.4, -0.2) is 38.0 Å². The first-order valence-electron chi connectivity index (χ1n) is 9.97. The third kappa shape index (κ3) is 3.53. The molecule has 3 aromatic rings. The van der Waals surface area contributed by atoms with Gasteiger partial charge in [-0.15, -0.1) is 0 Å². The van der Waals surface area contributed by atoms with Crippen molar-refractivity contribution in [1.29, 1.82) is 0 Å².